The number of H-pyrrole nitrogens is 3. The van der Waals surface area contributed by atoms with Gasteiger partial charge in [-0.25, -0.2) is 4.98 Å². The van der Waals surface area contributed by atoms with Crippen LogP contribution in [0, 0.1) is 0 Å². The van der Waals surface area contributed by atoms with Crippen molar-refractivity contribution in [1.82, 2.24) is 46.1 Å². The number of carbonyl (C=O) groups is 6. The average molecular weight is 885 g/mol. The molecule has 3 aromatic heterocycles. The van der Waals surface area contributed by atoms with Crippen molar-refractivity contribution in [3.05, 3.63) is 126 Å². The Balaban J connectivity index is 1.13. The molecule has 65 heavy (non-hydrogen) atoms. The van der Waals surface area contributed by atoms with Gasteiger partial charge in [0.1, 0.15) is 30.2 Å². The number of aromatic amines is 3. The molecule has 0 radical (unpaired) electrons. The van der Waals surface area contributed by atoms with Crippen LogP contribution in [0.3, 0.4) is 0 Å². The number of amides is 6. The van der Waals surface area contributed by atoms with Crippen molar-refractivity contribution in [3.8, 4) is 0 Å². The van der Waals surface area contributed by atoms with Crippen LogP contribution in [0.2, 0.25) is 0 Å². The van der Waals surface area contributed by atoms with Crippen LogP contribution in [0.5, 0.6) is 0 Å². The lowest BCUT2D eigenvalue weighted by atomic mass is 10.0. The third kappa shape index (κ3) is 11.5. The smallest absolute Gasteiger partial charge is 0.245 e. The molecule has 18 nitrogen and oxygen atoms in total. The minimum Gasteiger partial charge on any atom is -0.368 e. The van der Waals surface area contributed by atoms with Gasteiger partial charge in [-0.15, -0.1) is 0 Å². The Morgan fingerprint density at radius 3 is 1.97 bits per heavy atom. The van der Waals surface area contributed by atoms with Crippen molar-refractivity contribution in [1.29, 1.82) is 0 Å². The zero-order valence-corrected chi connectivity index (χ0v) is 35.9. The second-order valence-electron chi connectivity index (χ2n) is 16.5. The Kier molecular flexibility index (Phi) is 15.0. The Morgan fingerprint density at radius 1 is 0.708 bits per heavy atom. The van der Waals surface area contributed by atoms with Crippen molar-refractivity contribution in [2.45, 2.75) is 87.6 Å². The number of benzene rings is 3. The first kappa shape index (κ1) is 45.7. The van der Waals surface area contributed by atoms with E-state index in [1.165, 1.54) is 11.2 Å². The second-order valence-corrected chi connectivity index (χ2v) is 16.5. The fraction of sp³-hybridized carbons (Fsp3) is 0.340. The number of unbranched alkanes of at least 4 members (excludes halogenated alkanes) is 1. The Hall–Kier alpha value is -7.31. The van der Waals surface area contributed by atoms with Gasteiger partial charge >= 0.3 is 0 Å². The first-order valence-corrected chi connectivity index (χ1v) is 21.9. The number of primary amides is 1. The maximum absolute atomic E-state index is 14.7. The molecule has 6 aromatic rings. The second kappa shape index (κ2) is 21.4. The summed E-state index contributed by atoms with van der Waals surface area (Å²) in [5.74, 6) is -3.62. The van der Waals surface area contributed by atoms with E-state index in [-0.39, 0.29) is 45.1 Å². The zero-order chi connectivity index (χ0) is 45.9. The van der Waals surface area contributed by atoms with Crippen molar-refractivity contribution in [2.75, 3.05) is 13.1 Å². The molecule has 1 aliphatic heterocycles. The standard InChI is InChI=1S/C47H56N12O6/c48-18-9-8-16-37(42(50)60)55-44(62)39(20-28-10-2-1-3-11-28)58-46(64)41(22-30-25-53-36-15-7-5-13-33(30)36)59-19-17-38(47(59)65)56-45(63)40(21-29-24-52-35-14-6-4-12-32(29)35)57-43(61)34(49)23-31-26-51-27-54-31/h1-7,10-15,24-27,34,37-41,52-53H,8-9,16-23,48-49H2,(H2,50,60)(H,51,54)(H,55,62)(H,56,63)(H,57,61)(H,58,64)/t34-,37+,38-,39+,40-,41+/m1/s1. The van der Waals surface area contributed by atoms with E-state index in [2.05, 4.69) is 41.2 Å². The fourth-order valence-electron chi connectivity index (χ4n) is 8.38. The topological polar surface area (TPSA) is 292 Å². The molecule has 0 bridgehead atoms. The third-order valence-electron chi connectivity index (χ3n) is 11.9. The highest BCUT2D eigenvalue weighted by atomic mass is 16.2. The van der Waals surface area contributed by atoms with Gasteiger partial charge in [0.05, 0.1) is 12.4 Å². The molecule has 0 spiro atoms. The molecule has 13 N–H and O–H groups in total. The lowest BCUT2D eigenvalue weighted by molar-refractivity contribution is -0.140. The highest BCUT2D eigenvalue weighted by Crippen LogP contribution is 2.25. The van der Waals surface area contributed by atoms with E-state index in [9.17, 15) is 28.8 Å². The number of imidazole rings is 1. The average Bonchev–Trinajstić information content (AvgIpc) is 4.13. The number of hydrogen-bond acceptors (Lipinski definition) is 9. The third-order valence-corrected chi connectivity index (χ3v) is 11.9. The molecule has 1 saturated heterocycles. The molecule has 0 aliphatic carbocycles. The van der Waals surface area contributed by atoms with Gasteiger partial charge in [-0.2, -0.15) is 0 Å². The number of aromatic nitrogens is 4. The Labute approximate surface area is 375 Å². The summed E-state index contributed by atoms with van der Waals surface area (Å²) in [5.41, 5.74) is 22.2. The first-order valence-electron chi connectivity index (χ1n) is 21.9. The van der Waals surface area contributed by atoms with Crippen LogP contribution in [-0.4, -0.2) is 110 Å². The maximum Gasteiger partial charge on any atom is 0.245 e. The normalized spacial score (nSPS) is 16.1. The van der Waals surface area contributed by atoms with Gasteiger partial charge in [0.25, 0.3) is 0 Å². The summed E-state index contributed by atoms with van der Waals surface area (Å²) in [5, 5.41) is 13.1. The molecule has 18 heteroatoms. The summed E-state index contributed by atoms with van der Waals surface area (Å²) in [6, 6.07) is 17.8. The SMILES string of the molecule is NCCCC[C@H](NC(=O)[C@H](Cc1ccccc1)NC(=O)[C@H](Cc1c[nH]c2ccccc12)N1CC[C@@H](NC(=O)[C@@H](Cc2c[nH]c3ccccc23)NC(=O)[C@H](N)Cc2cnc[nH]2)C1=O)C(N)=O. The number of hydrogen-bond donors (Lipinski definition) is 10. The maximum atomic E-state index is 14.7. The number of para-hydroxylation sites is 2. The quantitative estimate of drug-likeness (QED) is 0.0437. The molecule has 0 unspecified atom stereocenters. The van der Waals surface area contributed by atoms with Crippen LogP contribution < -0.4 is 38.5 Å². The van der Waals surface area contributed by atoms with Crippen LogP contribution in [0.1, 0.15) is 48.1 Å². The van der Waals surface area contributed by atoms with E-state index in [1.54, 1.807) is 18.6 Å². The summed E-state index contributed by atoms with van der Waals surface area (Å²) in [4.78, 5) is 98.3. The van der Waals surface area contributed by atoms with Crippen LogP contribution >= 0.6 is 0 Å². The van der Waals surface area contributed by atoms with E-state index in [1.807, 2.05) is 78.9 Å². The van der Waals surface area contributed by atoms with Crippen LogP contribution in [-0.2, 0) is 54.5 Å². The molecular weight excluding hydrogens is 829 g/mol. The van der Waals surface area contributed by atoms with Gasteiger partial charge in [0.15, 0.2) is 0 Å². The number of nitrogens with two attached hydrogens (primary N) is 3. The fourth-order valence-corrected chi connectivity index (χ4v) is 8.38. The molecular formula is C47H56N12O6. The van der Waals surface area contributed by atoms with Gasteiger partial charge in [-0.1, -0.05) is 66.7 Å². The molecule has 7 rings (SSSR count). The van der Waals surface area contributed by atoms with Gasteiger partial charge in [0.2, 0.25) is 35.4 Å². The van der Waals surface area contributed by atoms with E-state index >= 15 is 0 Å². The molecule has 0 saturated carbocycles. The van der Waals surface area contributed by atoms with E-state index in [0.717, 1.165) is 38.5 Å². The lowest BCUT2D eigenvalue weighted by Gasteiger charge is -2.30. The Morgan fingerprint density at radius 2 is 1.32 bits per heavy atom. The van der Waals surface area contributed by atoms with Gasteiger partial charge in [-0.05, 0) is 61.1 Å². The van der Waals surface area contributed by atoms with E-state index < -0.39 is 71.7 Å². The van der Waals surface area contributed by atoms with E-state index in [4.69, 9.17) is 17.2 Å². The first-order chi connectivity index (χ1) is 31.5. The van der Waals surface area contributed by atoms with Crippen LogP contribution in [0.15, 0.2) is 104 Å². The predicted molar refractivity (Wildman–Crippen MR) is 244 cm³/mol. The molecule has 6 atom stereocenters. The number of fused-ring (bicyclic) bond motifs is 2. The molecule has 1 aliphatic rings. The predicted octanol–water partition coefficient (Wildman–Crippen LogP) is 1.12. The largest absolute Gasteiger partial charge is 0.368 e. The summed E-state index contributed by atoms with van der Waals surface area (Å²) in [6.45, 7) is 0.507. The zero-order valence-electron chi connectivity index (χ0n) is 35.9. The van der Waals surface area contributed by atoms with Gasteiger partial charge in [-0.3, -0.25) is 28.8 Å². The molecule has 6 amide bonds. The van der Waals surface area contributed by atoms with Crippen molar-refractivity contribution in [2.24, 2.45) is 17.2 Å². The molecule has 3 aromatic carbocycles. The van der Waals surface area contributed by atoms with Gasteiger partial charge < -0.3 is 58.3 Å². The van der Waals surface area contributed by atoms with E-state index in [0.29, 0.717) is 25.1 Å². The monoisotopic (exact) mass is 884 g/mol. The summed E-state index contributed by atoms with van der Waals surface area (Å²) < 4.78 is 0. The molecule has 4 heterocycles. The highest BCUT2D eigenvalue weighted by Gasteiger charge is 2.42. The van der Waals surface area contributed by atoms with Crippen molar-refractivity contribution < 1.29 is 28.8 Å². The molecule has 1 fully saturated rings. The minimum atomic E-state index is -1.16. The van der Waals surface area contributed by atoms with Gasteiger partial charge in [0, 0.05) is 78.3 Å². The number of nitrogens with one attached hydrogen (secondary N) is 7. The number of nitrogens with zero attached hydrogens (tertiary/aromatic N) is 2. The Bertz CT molecular complexity index is 2590. The number of likely N-dealkylation sites (tertiary alicyclic amines) is 1. The summed E-state index contributed by atoms with van der Waals surface area (Å²) in [7, 11) is 0. The van der Waals surface area contributed by atoms with Crippen LogP contribution in [0.25, 0.3) is 21.8 Å². The summed E-state index contributed by atoms with van der Waals surface area (Å²) in [6.07, 6.45) is 8.61. The minimum absolute atomic E-state index is 0.0679. The lowest BCUT2D eigenvalue weighted by Crippen LogP contribution is -2.58. The highest BCUT2D eigenvalue weighted by molar-refractivity contribution is 5.98. The summed E-state index contributed by atoms with van der Waals surface area (Å²) >= 11 is 0. The van der Waals surface area contributed by atoms with Crippen molar-refractivity contribution >= 4 is 57.2 Å². The van der Waals surface area contributed by atoms with Crippen molar-refractivity contribution in [3.63, 3.8) is 0 Å². The molecule has 340 valence electrons. The number of carbonyl (C=O) groups excluding carboxylic acids is 6. The van der Waals surface area contributed by atoms with Crippen LogP contribution in [0.4, 0.5) is 0 Å². The number of rotatable bonds is 22.